The fourth-order valence-corrected chi connectivity index (χ4v) is 5.62. The van der Waals surface area contributed by atoms with Crippen LogP contribution in [0.3, 0.4) is 0 Å². The third kappa shape index (κ3) is 6.92. The van der Waals surface area contributed by atoms with E-state index in [1.807, 2.05) is 17.0 Å². The van der Waals surface area contributed by atoms with Crippen LogP contribution in [0, 0.1) is 0 Å². The summed E-state index contributed by atoms with van der Waals surface area (Å²) in [6.45, 7) is 1.61. The molecule has 12 heteroatoms. The van der Waals surface area contributed by atoms with Gasteiger partial charge in [-0.1, -0.05) is 48.0 Å². The van der Waals surface area contributed by atoms with Crippen molar-refractivity contribution >= 4 is 55.8 Å². The number of amides is 2. The zero-order valence-electron chi connectivity index (χ0n) is 22.7. The van der Waals surface area contributed by atoms with Gasteiger partial charge in [-0.3, -0.25) is 19.1 Å². The number of hydrogen-bond acceptors (Lipinski definition) is 7. The number of halogens is 1. The fourth-order valence-electron chi connectivity index (χ4n) is 4.93. The molecule has 42 heavy (non-hydrogen) atoms. The predicted molar refractivity (Wildman–Crippen MR) is 163 cm³/mol. The lowest BCUT2D eigenvalue weighted by Crippen LogP contribution is -2.55. The Morgan fingerprint density at radius 2 is 1.62 bits per heavy atom. The van der Waals surface area contributed by atoms with E-state index in [2.05, 4.69) is 10.0 Å². The number of benzene rings is 3. The number of rotatable bonds is 8. The Kier molecular flexibility index (Phi) is 8.51. The lowest BCUT2D eigenvalue weighted by Gasteiger charge is -2.38. The van der Waals surface area contributed by atoms with Gasteiger partial charge in [-0.25, -0.2) is 8.42 Å². The minimum atomic E-state index is -3.47. The van der Waals surface area contributed by atoms with Crippen LogP contribution in [0.15, 0.2) is 88.1 Å². The van der Waals surface area contributed by atoms with E-state index in [-0.39, 0.29) is 29.1 Å². The maximum absolute atomic E-state index is 13.8. The standard InChI is InChI=1S/C30H29ClN4O6S/c1-42(39,40)33-23-7-3-4-8-25(23)34-14-16-35(17-15-34)30(38)24(18-20-10-12-21(31)13-11-20)32-29(37)28-19-26(36)22-6-2-5-9-27(22)41-28/h2-13,19,24,33H,14-18H2,1H3,(H,32,37)/t24-/m1/s1. The number of anilines is 2. The first kappa shape index (κ1) is 29.2. The molecule has 0 saturated carbocycles. The second-order valence-corrected chi connectivity index (χ2v) is 12.2. The van der Waals surface area contributed by atoms with Gasteiger partial charge in [0.1, 0.15) is 11.6 Å². The topological polar surface area (TPSA) is 129 Å². The molecule has 4 aromatic rings. The van der Waals surface area contributed by atoms with Gasteiger partial charge in [0.05, 0.1) is 23.0 Å². The van der Waals surface area contributed by atoms with Crippen LogP contribution in [0.25, 0.3) is 11.0 Å². The number of piperazine rings is 1. The minimum Gasteiger partial charge on any atom is -0.451 e. The molecule has 2 heterocycles. The first-order valence-corrected chi connectivity index (χ1v) is 15.5. The smallest absolute Gasteiger partial charge is 0.287 e. The number of fused-ring (bicyclic) bond motifs is 1. The van der Waals surface area contributed by atoms with Crippen molar-refractivity contribution in [2.24, 2.45) is 0 Å². The summed E-state index contributed by atoms with van der Waals surface area (Å²) in [4.78, 5) is 43.3. The molecule has 5 rings (SSSR count). The van der Waals surface area contributed by atoms with Gasteiger partial charge in [0, 0.05) is 43.7 Å². The molecule has 0 radical (unpaired) electrons. The summed E-state index contributed by atoms with van der Waals surface area (Å²) in [5, 5.41) is 3.68. The second kappa shape index (κ2) is 12.3. The van der Waals surface area contributed by atoms with Crippen LogP contribution >= 0.6 is 11.6 Å². The predicted octanol–water partition coefficient (Wildman–Crippen LogP) is 3.51. The molecule has 1 atom stereocenters. The largest absolute Gasteiger partial charge is 0.451 e. The summed E-state index contributed by atoms with van der Waals surface area (Å²) in [7, 11) is -3.47. The number of carbonyl (C=O) groups excluding carboxylic acids is 2. The average Bonchev–Trinajstić information content (AvgIpc) is 2.97. The SMILES string of the molecule is CS(=O)(=O)Nc1ccccc1N1CCN(C(=O)[C@@H](Cc2ccc(Cl)cc2)NC(=O)c2cc(=O)c3ccccc3o2)CC1. The maximum Gasteiger partial charge on any atom is 0.287 e. The summed E-state index contributed by atoms with van der Waals surface area (Å²) in [5.41, 5.74) is 1.89. The molecule has 1 fully saturated rings. The molecule has 2 amide bonds. The summed E-state index contributed by atoms with van der Waals surface area (Å²) in [6.07, 6.45) is 1.29. The van der Waals surface area contributed by atoms with Crippen molar-refractivity contribution < 1.29 is 22.4 Å². The van der Waals surface area contributed by atoms with Crippen LogP contribution in [0.1, 0.15) is 16.1 Å². The number of sulfonamides is 1. The van der Waals surface area contributed by atoms with Crippen LogP contribution < -0.4 is 20.4 Å². The second-order valence-electron chi connectivity index (χ2n) is 10.0. The lowest BCUT2D eigenvalue weighted by molar-refractivity contribution is -0.133. The van der Waals surface area contributed by atoms with Crippen LogP contribution in [-0.2, 0) is 21.2 Å². The quantitative estimate of drug-likeness (QED) is 0.313. The van der Waals surface area contributed by atoms with Crippen LogP contribution in [0.4, 0.5) is 11.4 Å². The van der Waals surface area contributed by atoms with Gasteiger partial charge >= 0.3 is 0 Å². The fraction of sp³-hybridized carbons (Fsp3) is 0.233. The van der Waals surface area contributed by atoms with Crippen molar-refractivity contribution in [3.05, 3.63) is 105 Å². The Bertz CT molecular complexity index is 1780. The normalized spacial score (nSPS) is 14.4. The van der Waals surface area contributed by atoms with E-state index in [1.165, 1.54) is 0 Å². The highest BCUT2D eigenvalue weighted by atomic mass is 35.5. The molecule has 1 aliphatic rings. The molecule has 10 nitrogen and oxygen atoms in total. The summed E-state index contributed by atoms with van der Waals surface area (Å²) in [6, 6.07) is 20.9. The number of hydrogen-bond donors (Lipinski definition) is 2. The summed E-state index contributed by atoms with van der Waals surface area (Å²) >= 11 is 6.04. The van der Waals surface area contributed by atoms with E-state index in [0.717, 1.165) is 17.9 Å². The summed E-state index contributed by atoms with van der Waals surface area (Å²) in [5.74, 6) is -1.15. The number of nitrogens with zero attached hydrogens (tertiary/aromatic N) is 2. The van der Waals surface area contributed by atoms with Crippen molar-refractivity contribution in [3.8, 4) is 0 Å². The third-order valence-corrected chi connectivity index (χ3v) is 7.79. The van der Waals surface area contributed by atoms with E-state index < -0.39 is 22.0 Å². The number of para-hydroxylation sites is 3. The molecule has 2 N–H and O–H groups in total. The van der Waals surface area contributed by atoms with Gasteiger partial charge in [-0.15, -0.1) is 0 Å². The van der Waals surface area contributed by atoms with E-state index in [0.29, 0.717) is 48.0 Å². The molecule has 218 valence electrons. The molecule has 0 aliphatic carbocycles. The van der Waals surface area contributed by atoms with E-state index in [9.17, 15) is 22.8 Å². The molecule has 1 aromatic heterocycles. The Labute approximate surface area is 247 Å². The van der Waals surface area contributed by atoms with Crippen molar-refractivity contribution in [1.82, 2.24) is 10.2 Å². The van der Waals surface area contributed by atoms with E-state index in [4.69, 9.17) is 16.0 Å². The summed E-state index contributed by atoms with van der Waals surface area (Å²) < 4.78 is 31.9. The molecule has 0 unspecified atom stereocenters. The Balaban J connectivity index is 1.34. The first-order chi connectivity index (χ1) is 20.1. The average molecular weight is 609 g/mol. The first-order valence-electron chi connectivity index (χ1n) is 13.3. The zero-order valence-corrected chi connectivity index (χ0v) is 24.3. The molecule has 0 spiro atoms. The molecular weight excluding hydrogens is 580 g/mol. The van der Waals surface area contributed by atoms with Gasteiger partial charge in [0.2, 0.25) is 15.9 Å². The Morgan fingerprint density at radius 1 is 0.952 bits per heavy atom. The highest BCUT2D eigenvalue weighted by molar-refractivity contribution is 7.92. The van der Waals surface area contributed by atoms with Gasteiger partial charge in [0.25, 0.3) is 5.91 Å². The highest BCUT2D eigenvalue weighted by Crippen LogP contribution is 2.27. The van der Waals surface area contributed by atoms with E-state index in [1.54, 1.807) is 65.6 Å². The highest BCUT2D eigenvalue weighted by Gasteiger charge is 2.30. The van der Waals surface area contributed by atoms with E-state index >= 15 is 0 Å². The van der Waals surface area contributed by atoms with Crippen molar-refractivity contribution in [2.45, 2.75) is 12.5 Å². The maximum atomic E-state index is 13.8. The van der Waals surface area contributed by atoms with Crippen LogP contribution in [0.2, 0.25) is 5.02 Å². The van der Waals surface area contributed by atoms with Crippen molar-refractivity contribution in [3.63, 3.8) is 0 Å². The van der Waals surface area contributed by atoms with Gasteiger partial charge < -0.3 is 19.5 Å². The molecule has 3 aromatic carbocycles. The third-order valence-electron chi connectivity index (χ3n) is 6.95. The minimum absolute atomic E-state index is 0.188. The molecule has 0 bridgehead atoms. The lowest BCUT2D eigenvalue weighted by atomic mass is 10.0. The Morgan fingerprint density at radius 3 is 2.33 bits per heavy atom. The number of nitrogens with one attached hydrogen (secondary N) is 2. The Hall–Kier alpha value is -4.35. The molecule has 1 saturated heterocycles. The van der Waals surface area contributed by atoms with Crippen molar-refractivity contribution in [2.75, 3.05) is 42.1 Å². The molecular formula is C30H29ClN4O6S. The van der Waals surface area contributed by atoms with Crippen LogP contribution in [0.5, 0.6) is 0 Å². The number of carbonyl (C=O) groups is 2. The van der Waals surface area contributed by atoms with Gasteiger partial charge in [-0.2, -0.15) is 0 Å². The van der Waals surface area contributed by atoms with Crippen molar-refractivity contribution in [1.29, 1.82) is 0 Å². The zero-order chi connectivity index (χ0) is 29.9. The monoisotopic (exact) mass is 608 g/mol. The van der Waals surface area contributed by atoms with Gasteiger partial charge in [-0.05, 0) is 42.0 Å². The van der Waals surface area contributed by atoms with Gasteiger partial charge in [0.15, 0.2) is 11.2 Å². The molecule has 1 aliphatic heterocycles. The van der Waals surface area contributed by atoms with Crippen LogP contribution in [-0.4, -0.2) is 63.6 Å².